The standard InChI is InChI=1S/C23H22N4/c1-15-11-18-13-20(8-10-21(18)25-15)26-23(16-5-3-2-4-6-16)17-7-9-22-19(12-17)14-24-27-22/h5,7-14,25H,2-4,6H2,1H3,(H,24,27)/b26-23+. The molecule has 1 aliphatic rings. The van der Waals surface area contributed by atoms with Gasteiger partial charge in [0.2, 0.25) is 0 Å². The third kappa shape index (κ3) is 3.08. The van der Waals surface area contributed by atoms with Crippen LogP contribution in [0.5, 0.6) is 0 Å². The van der Waals surface area contributed by atoms with Crippen molar-refractivity contribution in [2.75, 3.05) is 0 Å². The smallest absolute Gasteiger partial charge is 0.0738 e. The second-order valence-corrected chi connectivity index (χ2v) is 7.33. The van der Waals surface area contributed by atoms with E-state index in [0.717, 1.165) is 46.2 Å². The van der Waals surface area contributed by atoms with Crippen LogP contribution in [0.25, 0.3) is 21.8 Å². The van der Waals surface area contributed by atoms with Crippen LogP contribution in [0.1, 0.15) is 36.9 Å². The summed E-state index contributed by atoms with van der Waals surface area (Å²) >= 11 is 0. The molecule has 2 aromatic carbocycles. The van der Waals surface area contributed by atoms with Gasteiger partial charge in [-0.05, 0) is 74.6 Å². The monoisotopic (exact) mass is 354 g/mol. The molecule has 5 rings (SSSR count). The SMILES string of the molecule is Cc1cc2cc(/N=C(\C3=CCCCC3)c3ccc4[nH]ncc4c3)ccc2[nH]1. The molecule has 27 heavy (non-hydrogen) atoms. The van der Waals surface area contributed by atoms with E-state index in [-0.39, 0.29) is 0 Å². The molecule has 0 aliphatic heterocycles. The molecular weight excluding hydrogens is 332 g/mol. The predicted molar refractivity (Wildman–Crippen MR) is 112 cm³/mol. The normalized spacial score (nSPS) is 15.4. The average Bonchev–Trinajstić information content (AvgIpc) is 3.31. The summed E-state index contributed by atoms with van der Waals surface area (Å²) in [6, 6.07) is 15.0. The first kappa shape index (κ1) is 16.1. The third-order valence-electron chi connectivity index (χ3n) is 5.29. The van der Waals surface area contributed by atoms with Crippen LogP contribution in [0.3, 0.4) is 0 Å². The van der Waals surface area contributed by atoms with Crippen molar-refractivity contribution < 1.29 is 0 Å². The molecule has 2 aromatic heterocycles. The first-order valence-electron chi connectivity index (χ1n) is 9.57. The van der Waals surface area contributed by atoms with E-state index in [9.17, 15) is 0 Å². The van der Waals surface area contributed by atoms with Gasteiger partial charge >= 0.3 is 0 Å². The van der Waals surface area contributed by atoms with Gasteiger partial charge in [-0.2, -0.15) is 5.10 Å². The average molecular weight is 354 g/mol. The number of nitrogens with one attached hydrogen (secondary N) is 2. The Balaban J connectivity index is 1.65. The van der Waals surface area contributed by atoms with Gasteiger partial charge in [0, 0.05) is 27.5 Å². The van der Waals surface area contributed by atoms with Gasteiger partial charge in [0.15, 0.2) is 0 Å². The van der Waals surface area contributed by atoms with Crippen LogP contribution in [-0.2, 0) is 0 Å². The number of nitrogens with zero attached hydrogens (tertiary/aromatic N) is 2. The van der Waals surface area contributed by atoms with E-state index in [2.05, 4.69) is 70.6 Å². The molecule has 0 saturated heterocycles. The van der Waals surface area contributed by atoms with Crippen molar-refractivity contribution in [3.63, 3.8) is 0 Å². The number of aromatic nitrogens is 3. The van der Waals surface area contributed by atoms with Crippen molar-refractivity contribution in [2.45, 2.75) is 32.6 Å². The van der Waals surface area contributed by atoms with Crippen molar-refractivity contribution in [1.82, 2.24) is 15.2 Å². The van der Waals surface area contributed by atoms with Crippen molar-refractivity contribution in [3.05, 3.63) is 71.6 Å². The maximum Gasteiger partial charge on any atom is 0.0738 e. The summed E-state index contributed by atoms with van der Waals surface area (Å²) in [5, 5.41) is 9.50. The van der Waals surface area contributed by atoms with Gasteiger partial charge in [0.1, 0.15) is 0 Å². The molecule has 2 heterocycles. The quantitative estimate of drug-likeness (QED) is 0.437. The summed E-state index contributed by atoms with van der Waals surface area (Å²) < 4.78 is 0. The van der Waals surface area contributed by atoms with E-state index in [1.807, 2.05) is 6.20 Å². The molecule has 134 valence electrons. The lowest BCUT2D eigenvalue weighted by molar-refractivity contribution is 0.717. The van der Waals surface area contributed by atoms with Crippen molar-refractivity contribution >= 4 is 33.2 Å². The molecule has 0 saturated carbocycles. The lowest BCUT2D eigenvalue weighted by Gasteiger charge is -2.16. The number of hydrogen-bond donors (Lipinski definition) is 2. The van der Waals surface area contributed by atoms with E-state index in [1.165, 1.54) is 29.5 Å². The van der Waals surface area contributed by atoms with Gasteiger partial charge < -0.3 is 4.98 Å². The topological polar surface area (TPSA) is 56.8 Å². The third-order valence-corrected chi connectivity index (χ3v) is 5.29. The molecule has 4 nitrogen and oxygen atoms in total. The number of fused-ring (bicyclic) bond motifs is 2. The Hall–Kier alpha value is -3.14. The molecule has 4 heteroatoms. The molecule has 0 bridgehead atoms. The molecule has 0 unspecified atom stereocenters. The van der Waals surface area contributed by atoms with Crippen LogP contribution >= 0.6 is 0 Å². The predicted octanol–water partition coefficient (Wildman–Crippen LogP) is 5.97. The summed E-state index contributed by atoms with van der Waals surface area (Å²) in [5.74, 6) is 0. The lowest BCUT2D eigenvalue weighted by Crippen LogP contribution is -2.08. The fraction of sp³-hybridized carbons (Fsp3) is 0.217. The number of aromatic amines is 2. The minimum atomic E-state index is 0.996. The van der Waals surface area contributed by atoms with E-state index < -0.39 is 0 Å². The first-order chi connectivity index (χ1) is 13.3. The second-order valence-electron chi connectivity index (χ2n) is 7.33. The van der Waals surface area contributed by atoms with Crippen LogP contribution in [0.15, 0.2) is 65.3 Å². The van der Waals surface area contributed by atoms with E-state index in [4.69, 9.17) is 4.99 Å². The van der Waals surface area contributed by atoms with Gasteiger partial charge in [-0.25, -0.2) is 4.99 Å². The molecular formula is C23H22N4. The molecule has 0 atom stereocenters. The molecule has 0 fully saturated rings. The van der Waals surface area contributed by atoms with E-state index in [1.54, 1.807) is 0 Å². The van der Waals surface area contributed by atoms with Gasteiger partial charge in [0.25, 0.3) is 0 Å². The van der Waals surface area contributed by atoms with Gasteiger partial charge in [0.05, 0.1) is 23.1 Å². The Bertz CT molecular complexity index is 1190. The Morgan fingerprint density at radius 2 is 1.93 bits per heavy atom. The highest BCUT2D eigenvalue weighted by Crippen LogP contribution is 2.28. The highest BCUT2D eigenvalue weighted by atomic mass is 15.1. The minimum absolute atomic E-state index is 0.996. The second kappa shape index (κ2) is 6.54. The number of allylic oxidation sites excluding steroid dienone is 2. The number of benzene rings is 2. The lowest BCUT2D eigenvalue weighted by atomic mass is 9.92. The molecule has 0 amide bonds. The summed E-state index contributed by atoms with van der Waals surface area (Å²) in [5.41, 5.74) is 7.98. The Labute approximate surface area is 158 Å². The van der Waals surface area contributed by atoms with Crippen LogP contribution < -0.4 is 0 Å². The molecule has 4 aromatic rings. The zero-order chi connectivity index (χ0) is 18.2. The van der Waals surface area contributed by atoms with Crippen LogP contribution in [0.2, 0.25) is 0 Å². The van der Waals surface area contributed by atoms with Gasteiger partial charge in [-0.1, -0.05) is 12.1 Å². The number of rotatable bonds is 3. The van der Waals surface area contributed by atoms with Crippen LogP contribution in [0.4, 0.5) is 5.69 Å². The maximum absolute atomic E-state index is 5.11. The Kier molecular flexibility index (Phi) is 3.89. The molecule has 0 radical (unpaired) electrons. The highest BCUT2D eigenvalue weighted by Gasteiger charge is 2.14. The Morgan fingerprint density at radius 3 is 2.81 bits per heavy atom. The minimum Gasteiger partial charge on any atom is -0.359 e. The van der Waals surface area contributed by atoms with Gasteiger partial charge in [-0.3, -0.25) is 5.10 Å². The number of H-pyrrole nitrogens is 2. The van der Waals surface area contributed by atoms with Crippen molar-refractivity contribution in [2.24, 2.45) is 4.99 Å². The molecule has 2 N–H and O–H groups in total. The fourth-order valence-corrected chi connectivity index (χ4v) is 3.93. The van der Waals surface area contributed by atoms with Crippen LogP contribution in [-0.4, -0.2) is 20.9 Å². The zero-order valence-corrected chi connectivity index (χ0v) is 15.4. The molecule has 0 spiro atoms. The van der Waals surface area contributed by atoms with Crippen molar-refractivity contribution in [3.8, 4) is 0 Å². The number of hydrogen-bond acceptors (Lipinski definition) is 2. The maximum atomic E-state index is 5.11. The summed E-state index contributed by atoms with van der Waals surface area (Å²) in [6.07, 6.45) is 8.97. The summed E-state index contributed by atoms with van der Waals surface area (Å²) in [7, 11) is 0. The summed E-state index contributed by atoms with van der Waals surface area (Å²) in [6.45, 7) is 2.08. The first-order valence-corrected chi connectivity index (χ1v) is 9.57. The van der Waals surface area contributed by atoms with Crippen LogP contribution in [0, 0.1) is 6.92 Å². The molecule has 1 aliphatic carbocycles. The van der Waals surface area contributed by atoms with Gasteiger partial charge in [-0.15, -0.1) is 0 Å². The van der Waals surface area contributed by atoms with E-state index in [0.29, 0.717) is 0 Å². The van der Waals surface area contributed by atoms with E-state index >= 15 is 0 Å². The number of aliphatic imine (C=N–C) groups is 1. The highest BCUT2D eigenvalue weighted by molar-refractivity contribution is 6.15. The number of aryl methyl sites for hydroxylation is 1. The zero-order valence-electron chi connectivity index (χ0n) is 15.4. The fourth-order valence-electron chi connectivity index (χ4n) is 3.93. The summed E-state index contributed by atoms with van der Waals surface area (Å²) in [4.78, 5) is 8.49. The van der Waals surface area contributed by atoms with Crippen molar-refractivity contribution in [1.29, 1.82) is 0 Å². The Morgan fingerprint density at radius 1 is 1.00 bits per heavy atom. The largest absolute Gasteiger partial charge is 0.359 e.